The van der Waals surface area contributed by atoms with Crippen molar-refractivity contribution in [1.82, 2.24) is 10.1 Å². The highest BCUT2D eigenvalue weighted by atomic mass is 16.5. The highest BCUT2D eigenvalue weighted by molar-refractivity contribution is 5.58. The van der Waals surface area contributed by atoms with Gasteiger partial charge in [-0.25, -0.2) is 0 Å². The van der Waals surface area contributed by atoms with E-state index in [4.69, 9.17) is 15.0 Å². The molecular weight excluding hydrogens is 268 g/mol. The molecule has 2 N–H and O–H groups in total. The second-order valence-electron chi connectivity index (χ2n) is 5.42. The molecular formula is C15H22N4O2. The first-order valence-electron chi connectivity index (χ1n) is 6.92. The molecule has 1 atom stereocenters. The van der Waals surface area contributed by atoms with E-state index in [1.165, 1.54) is 0 Å². The Labute approximate surface area is 124 Å². The average molecular weight is 290 g/mol. The number of rotatable bonds is 6. The summed E-state index contributed by atoms with van der Waals surface area (Å²) in [7, 11) is 3.99. The van der Waals surface area contributed by atoms with E-state index in [1.807, 2.05) is 57.1 Å². The lowest BCUT2D eigenvalue weighted by Gasteiger charge is -2.19. The first-order chi connectivity index (χ1) is 9.94. The molecule has 0 radical (unpaired) electrons. The molecule has 114 valence electrons. The Balaban J connectivity index is 2.19. The van der Waals surface area contributed by atoms with E-state index in [2.05, 4.69) is 10.1 Å². The Morgan fingerprint density at radius 1 is 1.29 bits per heavy atom. The molecule has 21 heavy (non-hydrogen) atoms. The third-order valence-corrected chi connectivity index (χ3v) is 3.17. The summed E-state index contributed by atoms with van der Waals surface area (Å²) in [5, 5.41) is 3.97. The molecule has 0 bridgehead atoms. The third-order valence-electron chi connectivity index (χ3n) is 3.17. The van der Waals surface area contributed by atoms with Crippen molar-refractivity contribution in [3.63, 3.8) is 0 Å². The van der Waals surface area contributed by atoms with Crippen LogP contribution < -0.4 is 10.6 Å². The summed E-state index contributed by atoms with van der Waals surface area (Å²) in [6.07, 6.45) is 0. The van der Waals surface area contributed by atoms with Crippen LogP contribution in [0.4, 0.5) is 5.69 Å². The predicted octanol–water partition coefficient (Wildman–Crippen LogP) is 2.01. The van der Waals surface area contributed by atoms with Crippen molar-refractivity contribution >= 4 is 5.69 Å². The Morgan fingerprint density at radius 3 is 2.52 bits per heavy atom. The van der Waals surface area contributed by atoms with Crippen molar-refractivity contribution in [2.45, 2.75) is 19.4 Å². The van der Waals surface area contributed by atoms with Crippen LogP contribution in [-0.2, 0) is 10.3 Å². The number of hydrogen-bond donors (Lipinski definition) is 1. The van der Waals surface area contributed by atoms with Crippen molar-refractivity contribution in [2.75, 3.05) is 32.2 Å². The van der Waals surface area contributed by atoms with Crippen LogP contribution in [0.15, 0.2) is 28.8 Å². The lowest BCUT2D eigenvalue weighted by atomic mass is 10.1. The number of nitrogens with two attached hydrogens (primary N) is 1. The summed E-state index contributed by atoms with van der Waals surface area (Å²) in [5.74, 6) is 0.908. The maximum atomic E-state index is 6.16. The molecule has 1 unspecified atom stereocenters. The Hall–Kier alpha value is -1.92. The molecule has 0 saturated heterocycles. The minimum Gasteiger partial charge on any atom is -0.379 e. The van der Waals surface area contributed by atoms with Crippen molar-refractivity contribution in [3.8, 4) is 11.5 Å². The maximum absolute atomic E-state index is 6.16. The highest BCUT2D eigenvalue weighted by Gasteiger charge is 2.28. The summed E-state index contributed by atoms with van der Waals surface area (Å²) >= 11 is 0. The number of ether oxygens (including phenoxy) is 1. The Kier molecular flexibility index (Phi) is 4.59. The SMILES string of the molecule is CCOCC(C)(N)c1noc(-c2ccc(N(C)C)cc2)n1. The van der Waals surface area contributed by atoms with Crippen LogP contribution in [0.3, 0.4) is 0 Å². The van der Waals surface area contributed by atoms with Crippen LogP contribution in [0.2, 0.25) is 0 Å². The molecule has 0 saturated carbocycles. The molecule has 6 heteroatoms. The van der Waals surface area contributed by atoms with Gasteiger partial charge in [0, 0.05) is 32.0 Å². The zero-order valence-corrected chi connectivity index (χ0v) is 13.0. The van der Waals surface area contributed by atoms with E-state index >= 15 is 0 Å². The van der Waals surface area contributed by atoms with Crippen LogP contribution in [0, 0.1) is 0 Å². The lowest BCUT2D eigenvalue weighted by molar-refractivity contribution is 0.0962. The highest BCUT2D eigenvalue weighted by Crippen LogP contribution is 2.23. The van der Waals surface area contributed by atoms with Gasteiger partial charge in [0.25, 0.3) is 5.89 Å². The molecule has 0 spiro atoms. The van der Waals surface area contributed by atoms with Gasteiger partial charge < -0.3 is 19.9 Å². The number of benzene rings is 1. The first kappa shape index (κ1) is 15.5. The normalized spacial score (nSPS) is 14.0. The maximum Gasteiger partial charge on any atom is 0.257 e. The van der Waals surface area contributed by atoms with E-state index in [0.717, 1.165) is 11.3 Å². The number of aromatic nitrogens is 2. The van der Waals surface area contributed by atoms with Gasteiger partial charge in [0.2, 0.25) is 0 Å². The minimum absolute atomic E-state index is 0.349. The van der Waals surface area contributed by atoms with E-state index in [1.54, 1.807) is 0 Å². The van der Waals surface area contributed by atoms with Gasteiger partial charge in [0.15, 0.2) is 5.82 Å². The number of hydrogen-bond acceptors (Lipinski definition) is 6. The molecule has 0 amide bonds. The molecule has 2 rings (SSSR count). The van der Waals surface area contributed by atoms with Crippen LogP contribution >= 0.6 is 0 Å². The first-order valence-corrected chi connectivity index (χ1v) is 6.92. The fourth-order valence-corrected chi connectivity index (χ4v) is 1.85. The van der Waals surface area contributed by atoms with E-state index in [-0.39, 0.29) is 0 Å². The van der Waals surface area contributed by atoms with Crippen molar-refractivity contribution in [1.29, 1.82) is 0 Å². The fourth-order valence-electron chi connectivity index (χ4n) is 1.85. The monoisotopic (exact) mass is 290 g/mol. The average Bonchev–Trinajstić information content (AvgIpc) is 2.96. The van der Waals surface area contributed by atoms with Gasteiger partial charge in [-0.15, -0.1) is 0 Å². The van der Waals surface area contributed by atoms with Crippen LogP contribution in [-0.4, -0.2) is 37.4 Å². The molecule has 0 aliphatic heterocycles. The smallest absolute Gasteiger partial charge is 0.257 e. The van der Waals surface area contributed by atoms with Crippen LogP contribution in [0.25, 0.3) is 11.5 Å². The largest absolute Gasteiger partial charge is 0.379 e. The van der Waals surface area contributed by atoms with Gasteiger partial charge in [-0.05, 0) is 38.1 Å². The Morgan fingerprint density at radius 2 is 1.95 bits per heavy atom. The number of nitrogens with zero attached hydrogens (tertiary/aromatic N) is 3. The number of anilines is 1. The molecule has 0 fully saturated rings. The summed E-state index contributed by atoms with van der Waals surface area (Å²) in [5.41, 5.74) is 7.38. The van der Waals surface area contributed by atoms with E-state index in [0.29, 0.717) is 24.9 Å². The van der Waals surface area contributed by atoms with Crippen LogP contribution in [0.1, 0.15) is 19.7 Å². The van der Waals surface area contributed by atoms with Crippen molar-refractivity contribution in [3.05, 3.63) is 30.1 Å². The van der Waals surface area contributed by atoms with E-state index < -0.39 is 5.54 Å². The van der Waals surface area contributed by atoms with Gasteiger partial charge in [-0.3, -0.25) is 0 Å². The Bertz CT molecular complexity index is 576. The lowest BCUT2D eigenvalue weighted by Crippen LogP contribution is -2.39. The van der Waals surface area contributed by atoms with Gasteiger partial charge in [0.05, 0.1) is 6.61 Å². The van der Waals surface area contributed by atoms with Crippen LogP contribution in [0.5, 0.6) is 0 Å². The molecule has 0 aliphatic carbocycles. The summed E-state index contributed by atoms with van der Waals surface area (Å²) in [4.78, 5) is 6.41. The molecule has 1 heterocycles. The fraction of sp³-hybridized carbons (Fsp3) is 0.467. The predicted molar refractivity (Wildman–Crippen MR) is 82.1 cm³/mol. The molecule has 1 aromatic carbocycles. The van der Waals surface area contributed by atoms with Crippen molar-refractivity contribution in [2.24, 2.45) is 5.73 Å². The topological polar surface area (TPSA) is 77.4 Å². The summed E-state index contributed by atoms with van der Waals surface area (Å²) in [6, 6.07) is 7.90. The molecule has 1 aromatic heterocycles. The zero-order valence-electron chi connectivity index (χ0n) is 13.0. The zero-order chi connectivity index (χ0) is 15.5. The molecule has 2 aromatic rings. The minimum atomic E-state index is -0.763. The van der Waals surface area contributed by atoms with Gasteiger partial charge in [-0.2, -0.15) is 4.98 Å². The summed E-state index contributed by atoms with van der Waals surface area (Å²) < 4.78 is 10.7. The van der Waals surface area contributed by atoms with Gasteiger partial charge in [0.1, 0.15) is 5.54 Å². The van der Waals surface area contributed by atoms with E-state index in [9.17, 15) is 0 Å². The quantitative estimate of drug-likeness (QED) is 0.877. The molecule has 6 nitrogen and oxygen atoms in total. The second kappa shape index (κ2) is 6.24. The van der Waals surface area contributed by atoms with Crippen molar-refractivity contribution < 1.29 is 9.26 Å². The summed E-state index contributed by atoms with van der Waals surface area (Å²) in [6.45, 7) is 4.70. The third kappa shape index (κ3) is 3.59. The van der Waals surface area contributed by atoms with Gasteiger partial charge in [-0.1, -0.05) is 5.16 Å². The molecule has 0 aliphatic rings. The van der Waals surface area contributed by atoms with Gasteiger partial charge >= 0.3 is 0 Å². The second-order valence-corrected chi connectivity index (χ2v) is 5.42. The standard InChI is InChI=1S/C15H22N4O2/c1-5-20-10-15(2,16)14-17-13(21-18-14)11-6-8-12(9-7-11)19(3)4/h6-9H,5,10,16H2,1-4H3.